The molecular weight excluding hydrogens is 469 g/mol. The van der Waals surface area contributed by atoms with E-state index in [1.54, 1.807) is 0 Å². The van der Waals surface area contributed by atoms with E-state index in [0.717, 1.165) is 38.4 Å². The molecule has 0 aliphatic carbocycles. The molecule has 1 aromatic rings. The topological polar surface area (TPSA) is 63.2 Å². The van der Waals surface area contributed by atoms with Crippen molar-refractivity contribution in [3.05, 3.63) is 35.4 Å². The molecule has 0 unspecified atom stereocenters. The van der Waals surface area contributed by atoms with Gasteiger partial charge >= 0.3 is 5.97 Å². The van der Waals surface area contributed by atoms with Gasteiger partial charge in [0.25, 0.3) is 0 Å². The minimum atomic E-state index is -0.1000. The highest BCUT2D eigenvalue weighted by molar-refractivity contribution is 14.0. The monoisotopic (exact) mass is 503 g/mol. The Bertz CT molecular complexity index is 629. The minimum Gasteiger partial charge on any atom is -0.469 e. The van der Waals surface area contributed by atoms with E-state index >= 15 is 0 Å². The van der Waals surface area contributed by atoms with Crippen LogP contribution in [0.5, 0.6) is 0 Å². The predicted octanol–water partition coefficient (Wildman–Crippen LogP) is 3.58. The van der Waals surface area contributed by atoms with Gasteiger partial charge in [-0.05, 0) is 44.7 Å². The summed E-state index contributed by atoms with van der Waals surface area (Å²) >= 11 is 0. The van der Waals surface area contributed by atoms with Gasteiger partial charge < -0.3 is 19.7 Å². The number of hydrogen-bond acceptors (Lipinski definition) is 4. The van der Waals surface area contributed by atoms with Gasteiger partial charge in [0, 0.05) is 19.6 Å². The number of benzene rings is 1. The van der Waals surface area contributed by atoms with Crippen molar-refractivity contribution in [3.63, 3.8) is 0 Å². The molecule has 0 saturated carbocycles. The number of aliphatic imine (C=N–C) groups is 1. The van der Waals surface area contributed by atoms with E-state index in [4.69, 9.17) is 14.5 Å². The van der Waals surface area contributed by atoms with Gasteiger partial charge in [0.05, 0.1) is 32.3 Å². The molecule has 28 heavy (non-hydrogen) atoms. The molecule has 6 nitrogen and oxygen atoms in total. The second-order valence-electron chi connectivity index (χ2n) is 7.13. The van der Waals surface area contributed by atoms with E-state index < -0.39 is 0 Å². The second kappa shape index (κ2) is 13.0. The maximum atomic E-state index is 11.7. The molecule has 1 aliphatic heterocycles. The zero-order valence-corrected chi connectivity index (χ0v) is 19.8. The van der Waals surface area contributed by atoms with Crippen LogP contribution in [0.3, 0.4) is 0 Å². The first-order valence-corrected chi connectivity index (χ1v) is 9.84. The molecule has 0 amide bonds. The van der Waals surface area contributed by atoms with E-state index in [1.165, 1.54) is 18.2 Å². The molecule has 0 radical (unpaired) electrons. The lowest BCUT2D eigenvalue weighted by molar-refractivity contribution is -0.146. The molecule has 158 valence electrons. The lowest BCUT2D eigenvalue weighted by Gasteiger charge is -2.33. The Kier molecular flexibility index (Phi) is 11.4. The minimum absolute atomic E-state index is 0. The van der Waals surface area contributed by atoms with Gasteiger partial charge in [-0.2, -0.15) is 0 Å². The van der Waals surface area contributed by atoms with Crippen molar-refractivity contribution in [2.75, 3.05) is 26.7 Å². The van der Waals surface area contributed by atoms with Crippen molar-refractivity contribution in [3.8, 4) is 0 Å². The van der Waals surface area contributed by atoms with Gasteiger partial charge in [0.2, 0.25) is 0 Å². The zero-order chi connectivity index (χ0) is 19.6. The summed E-state index contributed by atoms with van der Waals surface area (Å²) < 4.78 is 10.6. The number of nitrogens with one attached hydrogen (secondary N) is 1. The number of carbonyl (C=O) groups is 1. The smallest absolute Gasteiger partial charge is 0.308 e. The molecule has 0 spiro atoms. The van der Waals surface area contributed by atoms with Crippen LogP contribution >= 0.6 is 24.0 Å². The number of halogens is 1. The maximum Gasteiger partial charge on any atom is 0.308 e. The van der Waals surface area contributed by atoms with Gasteiger partial charge in [-0.15, -0.1) is 24.0 Å². The largest absolute Gasteiger partial charge is 0.469 e. The standard InChI is InChI=1S/C21H33N3O3.HI/c1-5-22-21(24-11-9-19(10-12-24)20(25)26-4)23-14-17-7-6-8-18(13-17)15-27-16(2)3;/h6-8,13,16,19H,5,9-12,14-15H2,1-4H3,(H,22,23);1H. The van der Waals surface area contributed by atoms with E-state index in [9.17, 15) is 4.79 Å². The first-order valence-electron chi connectivity index (χ1n) is 9.84. The zero-order valence-electron chi connectivity index (χ0n) is 17.4. The third kappa shape index (κ3) is 7.95. The van der Waals surface area contributed by atoms with Crippen molar-refractivity contribution >= 4 is 35.9 Å². The van der Waals surface area contributed by atoms with E-state index in [-0.39, 0.29) is 42.0 Å². The highest BCUT2D eigenvalue weighted by atomic mass is 127. The van der Waals surface area contributed by atoms with Crippen LogP contribution in [0, 0.1) is 5.92 Å². The van der Waals surface area contributed by atoms with Crippen molar-refractivity contribution in [2.45, 2.75) is 52.9 Å². The number of likely N-dealkylation sites (tertiary alicyclic amines) is 1. The Morgan fingerprint density at radius 2 is 1.96 bits per heavy atom. The van der Waals surface area contributed by atoms with E-state index in [1.807, 2.05) is 13.8 Å². The normalized spacial score (nSPS) is 15.3. The number of hydrogen-bond donors (Lipinski definition) is 1. The molecule has 7 heteroatoms. The van der Waals surface area contributed by atoms with Crippen LogP contribution in [0.2, 0.25) is 0 Å². The van der Waals surface area contributed by atoms with Crippen molar-refractivity contribution in [2.24, 2.45) is 10.9 Å². The molecule has 1 aromatic carbocycles. The highest BCUT2D eigenvalue weighted by Crippen LogP contribution is 2.19. The summed E-state index contributed by atoms with van der Waals surface area (Å²) in [5.41, 5.74) is 2.33. The average Bonchev–Trinajstić information content (AvgIpc) is 2.69. The Labute approximate surface area is 186 Å². The molecule has 1 N–H and O–H groups in total. The number of piperidine rings is 1. The van der Waals surface area contributed by atoms with Crippen LogP contribution in [-0.2, 0) is 27.4 Å². The van der Waals surface area contributed by atoms with Gasteiger partial charge in [-0.25, -0.2) is 4.99 Å². The molecule has 0 atom stereocenters. The first-order chi connectivity index (χ1) is 13.0. The third-order valence-corrected chi connectivity index (χ3v) is 4.65. The SMILES string of the molecule is CCNC(=NCc1cccc(COC(C)C)c1)N1CCC(C(=O)OC)CC1.I. The molecule has 0 aromatic heterocycles. The molecule has 1 saturated heterocycles. The number of esters is 1. The van der Waals surface area contributed by atoms with E-state index in [0.29, 0.717) is 13.2 Å². The number of rotatable bonds is 7. The number of methoxy groups -OCH3 is 1. The fourth-order valence-electron chi connectivity index (χ4n) is 3.17. The first kappa shape index (κ1) is 24.7. The summed E-state index contributed by atoms with van der Waals surface area (Å²) in [7, 11) is 1.46. The Balaban J connectivity index is 0.00000392. The molecule has 2 rings (SSSR count). The molecule has 1 fully saturated rings. The van der Waals surface area contributed by atoms with Crippen LogP contribution in [0.4, 0.5) is 0 Å². The average molecular weight is 503 g/mol. The lowest BCUT2D eigenvalue weighted by atomic mass is 9.97. The van der Waals surface area contributed by atoms with Crippen LogP contribution < -0.4 is 5.32 Å². The Morgan fingerprint density at radius 3 is 2.57 bits per heavy atom. The highest BCUT2D eigenvalue weighted by Gasteiger charge is 2.26. The number of carbonyl (C=O) groups excluding carboxylic acids is 1. The van der Waals surface area contributed by atoms with Gasteiger partial charge in [0.15, 0.2) is 5.96 Å². The fraction of sp³-hybridized carbons (Fsp3) is 0.619. The van der Waals surface area contributed by atoms with Gasteiger partial charge in [0.1, 0.15) is 0 Å². The van der Waals surface area contributed by atoms with Crippen molar-refractivity contribution in [1.82, 2.24) is 10.2 Å². The number of guanidine groups is 1. The van der Waals surface area contributed by atoms with Gasteiger partial charge in [-0.1, -0.05) is 24.3 Å². The number of nitrogens with zero attached hydrogens (tertiary/aromatic N) is 2. The maximum absolute atomic E-state index is 11.7. The molecular formula is C21H34IN3O3. The van der Waals surface area contributed by atoms with E-state index in [2.05, 4.69) is 41.4 Å². The molecule has 1 heterocycles. The van der Waals surface area contributed by atoms with Crippen molar-refractivity contribution in [1.29, 1.82) is 0 Å². The lowest BCUT2D eigenvalue weighted by Crippen LogP contribution is -2.46. The summed E-state index contributed by atoms with van der Waals surface area (Å²) in [5.74, 6) is 0.813. The van der Waals surface area contributed by atoms with Crippen LogP contribution in [-0.4, -0.2) is 49.7 Å². The number of ether oxygens (including phenoxy) is 2. The predicted molar refractivity (Wildman–Crippen MR) is 123 cm³/mol. The summed E-state index contributed by atoms with van der Waals surface area (Å²) in [6.07, 6.45) is 1.83. The summed E-state index contributed by atoms with van der Waals surface area (Å²) in [6, 6.07) is 8.38. The summed E-state index contributed by atoms with van der Waals surface area (Å²) in [6.45, 7) is 9.84. The molecule has 1 aliphatic rings. The van der Waals surface area contributed by atoms with Crippen LogP contribution in [0.25, 0.3) is 0 Å². The van der Waals surface area contributed by atoms with Gasteiger partial charge in [-0.3, -0.25) is 4.79 Å². The fourth-order valence-corrected chi connectivity index (χ4v) is 3.17. The quantitative estimate of drug-likeness (QED) is 0.267. The third-order valence-electron chi connectivity index (χ3n) is 4.65. The molecule has 0 bridgehead atoms. The van der Waals surface area contributed by atoms with Crippen LogP contribution in [0.15, 0.2) is 29.3 Å². The summed E-state index contributed by atoms with van der Waals surface area (Å²) in [4.78, 5) is 18.7. The Hall–Kier alpha value is -1.35. The van der Waals surface area contributed by atoms with Crippen LogP contribution in [0.1, 0.15) is 44.7 Å². The van der Waals surface area contributed by atoms with Crippen molar-refractivity contribution < 1.29 is 14.3 Å². The second-order valence-corrected chi connectivity index (χ2v) is 7.13. The Morgan fingerprint density at radius 1 is 1.29 bits per heavy atom. The summed E-state index contributed by atoms with van der Waals surface area (Å²) in [5, 5.41) is 3.37.